The zero-order chi connectivity index (χ0) is 11.5. The number of nitrogens with zero attached hydrogens (tertiary/aromatic N) is 2. The summed E-state index contributed by atoms with van der Waals surface area (Å²) in [7, 11) is 0. The third-order valence-corrected chi connectivity index (χ3v) is 2.56. The fraction of sp³-hybridized carbons (Fsp3) is 0.231. The highest BCUT2D eigenvalue weighted by molar-refractivity contribution is 5.60. The Hall–Kier alpha value is -1.74. The van der Waals surface area contributed by atoms with Crippen LogP contribution in [-0.4, -0.2) is 9.97 Å². The van der Waals surface area contributed by atoms with Crippen LogP contribution in [0.1, 0.15) is 16.7 Å². The van der Waals surface area contributed by atoms with Crippen LogP contribution in [0, 0.1) is 13.8 Å². The summed E-state index contributed by atoms with van der Waals surface area (Å²) < 4.78 is 0. The number of nitrogens with two attached hydrogens (primary N) is 1. The third kappa shape index (κ3) is 2.09. The summed E-state index contributed by atoms with van der Waals surface area (Å²) in [6.07, 6.45) is 3.56. The van der Waals surface area contributed by atoms with E-state index < -0.39 is 0 Å². The highest BCUT2D eigenvalue weighted by Gasteiger charge is 2.04. The van der Waals surface area contributed by atoms with Gasteiger partial charge in [-0.15, -0.1) is 0 Å². The highest BCUT2D eigenvalue weighted by Crippen LogP contribution is 2.20. The van der Waals surface area contributed by atoms with E-state index in [4.69, 9.17) is 5.73 Å². The van der Waals surface area contributed by atoms with Crippen molar-refractivity contribution in [3.63, 3.8) is 0 Å². The molecule has 0 spiro atoms. The lowest BCUT2D eigenvalue weighted by Gasteiger charge is -2.05. The number of aromatic nitrogens is 2. The molecule has 3 nitrogen and oxygen atoms in total. The fourth-order valence-electron chi connectivity index (χ4n) is 1.66. The molecule has 1 aromatic carbocycles. The van der Waals surface area contributed by atoms with Gasteiger partial charge >= 0.3 is 0 Å². The fourth-order valence-corrected chi connectivity index (χ4v) is 1.66. The zero-order valence-corrected chi connectivity index (χ0v) is 9.57. The smallest absolute Gasteiger partial charge is 0.159 e. The van der Waals surface area contributed by atoms with Crippen LogP contribution in [-0.2, 0) is 6.54 Å². The van der Waals surface area contributed by atoms with Crippen molar-refractivity contribution < 1.29 is 0 Å². The second-order valence-electron chi connectivity index (χ2n) is 3.94. The first kappa shape index (κ1) is 10.8. The van der Waals surface area contributed by atoms with Gasteiger partial charge in [-0.25, -0.2) is 9.97 Å². The molecule has 1 aromatic heterocycles. The third-order valence-electron chi connectivity index (χ3n) is 2.56. The van der Waals surface area contributed by atoms with E-state index in [1.807, 2.05) is 0 Å². The first-order valence-electron chi connectivity index (χ1n) is 5.29. The van der Waals surface area contributed by atoms with E-state index in [9.17, 15) is 0 Å². The van der Waals surface area contributed by atoms with Gasteiger partial charge in [0.05, 0.1) is 0 Å². The Morgan fingerprint density at radius 3 is 2.38 bits per heavy atom. The summed E-state index contributed by atoms with van der Waals surface area (Å²) in [6.45, 7) is 4.63. The Morgan fingerprint density at radius 2 is 1.81 bits per heavy atom. The molecule has 0 aliphatic carbocycles. The Kier molecular flexibility index (Phi) is 2.97. The van der Waals surface area contributed by atoms with Crippen LogP contribution in [0.5, 0.6) is 0 Å². The molecule has 0 unspecified atom stereocenters. The van der Waals surface area contributed by atoms with Crippen molar-refractivity contribution in [2.75, 3.05) is 0 Å². The minimum absolute atomic E-state index is 0.479. The van der Waals surface area contributed by atoms with Gasteiger partial charge in [0.15, 0.2) is 5.82 Å². The number of hydrogen-bond donors (Lipinski definition) is 1. The van der Waals surface area contributed by atoms with Gasteiger partial charge in [-0.1, -0.05) is 23.8 Å². The van der Waals surface area contributed by atoms with Crippen molar-refractivity contribution >= 4 is 0 Å². The molecule has 0 aliphatic rings. The van der Waals surface area contributed by atoms with Crippen LogP contribution in [0.25, 0.3) is 11.4 Å². The molecular formula is C13H15N3. The lowest BCUT2D eigenvalue weighted by atomic mass is 10.1. The monoisotopic (exact) mass is 213 g/mol. The minimum atomic E-state index is 0.479. The number of rotatable bonds is 2. The molecule has 0 amide bonds. The number of aryl methyl sites for hydroxylation is 2. The maximum absolute atomic E-state index is 5.51. The molecule has 0 bridgehead atoms. The normalized spacial score (nSPS) is 10.4. The van der Waals surface area contributed by atoms with Gasteiger partial charge < -0.3 is 5.73 Å². The van der Waals surface area contributed by atoms with Gasteiger partial charge in [0.25, 0.3) is 0 Å². The first-order valence-corrected chi connectivity index (χ1v) is 5.29. The summed E-state index contributed by atoms with van der Waals surface area (Å²) in [4.78, 5) is 8.64. The Bertz CT molecular complexity index is 489. The van der Waals surface area contributed by atoms with Gasteiger partial charge in [-0.2, -0.15) is 0 Å². The standard InChI is InChI=1S/C13H15N3/c1-9-3-4-12(10(2)5-9)13-15-7-11(6-14)8-16-13/h3-5,7-8H,6,14H2,1-2H3. The average molecular weight is 213 g/mol. The van der Waals surface area contributed by atoms with Gasteiger partial charge in [0.1, 0.15) is 0 Å². The minimum Gasteiger partial charge on any atom is -0.326 e. The summed E-state index contributed by atoms with van der Waals surface area (Å²) in [5.41, 5.74) is 9.98. The van der Waals surface area contributed by atoms with Gasteiger partial charge in [-0.05, 0) is 19.4 Å². The van der Waals surface area contributed by atoms with Crippen LogP contribution in [0.3, 0.4) is 0 Å². The molecule has 2 rings (SSSR count). The van der Waals surface area contributed by atoms with Gasteiger partial charge in [0.2, 0.25) is 0 Å². The molecule has 0 saturated heterocycles. The maximum Gasteiger partial charge on any atom is 0.159 e. The van der Waals surface area contributed by atoms with Crippen molar-refractivity contribution in [3.05, 3.63) is 47.3 Å². The Morgan fingerprint density at radius 1 is 1.12 bits per heavy atom. The topological polar surface area (TPSA) is 51.8 Å². The molecular weight excluding hydrogens is 198 g/mol. The van der Waals surface area contributed by atoms with Gasteiger partial charge in [-0.3, -0.25) is 0 Å². The largest absolute Gasteiger partial charge is 0.326 e. The van der Waals surface area contributed by atoms with Crippen molar-refractivity contribution in [1.29, 1.82) is 0 Å². The van der Waals surface area contributed by atoms with Crippen molar-refractivity contribution in [2.24, 2.45) is 5.73 Å². The first-order chi connectivity index (χ1) is 7.70. The predicted octanol–water partition coefficient (Wildman–Crippen LogP) is 2.22. The number of hydrogen-bond acceptors (Lipinski definition) is 3. The zero-order valence-electron chi connectivity index (χ0n) is 9.57. The molecule has 0 radical (unpaired) electrons. The van der Waals surface area contributed by atoms with E-state index in [2.05, 4.69) is 42.0 Å². The second kappa shape index (κ2) is 4.41. The summed E-state index contributed by atoms with van der Waals surface area (Å²) in [6, 6.07) is 6.26. The van der Waals surface area contributed by atoms with E-state index in [0.717, 1.165) is 17.0 Å². The lowest BCUT2D eigenvalue weighted by Crippen LogP contribution is -1.99. The van der Waals surface area contributed by atoms with Crippen LogP contribution < -0.4 is 5.73 Å². The van der Waals surface area contributed by atoms with E-state index in [-0.39, 0.29) is 0 Å². The summed E-state index contributed by atoms with van der Waals surface area (Å²) in [5.74, 6) is 0.759. The number of benzene rings is 1. The van der Waals surface area contributed by atoms with Crippen LogP contribution in [0.4, 0.5) is 0 Å². The van der Waals surface area contributed by atoms with Crippen molar-refractivity contribution in [1.82, 2.24) is 9.97 Å². The van der Waals surface area contributed by atoms with Crippen molar-refractivity contribution in [3.8, 4) is 11.4 Å². The predicted molar refractivity (Wildman–Crippen MR) is 64.8 cm³/mol. The summed E-state index contributed by atoms with van der Waals surface area (Å²) in [5, 5.41) is 0. The van der Waals surface area contributed by atoms with E-state index in [1.54, 1.807) is 12.4 Å². The van der Waals surface area contributed by atoms with E-state index in [0.29, 0.717) is 6.54 Å². The Balaban J connectivity index is 2.42. The van der Waals surface area contributed by atoms with Crippen LogP contribution >= 0.6 is 0 Å². The summed E-state index contributed by atoms with van der Waals surface area (Å²) >= 11 is 0. The van der Waals surface area contributed by atoms with E-state index >= 15 is 0 Å². The molecule has 2 N–H and O–H groups in total. The SMILES string of the molecule is Cc1ccc(-c2ncc(CN)cn2)c(C)c1. The molecule has 0 fully saturated rings. The van der Waals surface area contributed by atoms with E-state index in [1.165, 1.54) is 11.1 Å². The maximum atomic E-state index is 5.51. The molecule has 82 valence electrons. The van der Waals surface area contributed by atoms with Crippen molar-refractivity contribution in [2.45, 2.75) is 20.4 Å². The molecule has 3 heteroatoms. The average Bonchev–Trinajstić information content (AvgIpc) is 2.29. The lowest BCUT2D eigenvalue weighted by molar-refractivity contribution is 1.01. The molecule has 0 saturated carbocycles. The van der Waals surface area contributed by atoms with Crippen LogP contribution in [0.15, 0.2) is 30.6 Å². The van der Waals surface area contributed by atoms with Gasteiger partial charge in [0, 0.05) is 30.1 Å². The van der Waals surface area contributed by atoms with Crippen LogP contribution in [0.2, 0.25) is 0 Å². The molecule has 16 heavy (non-hydrogen) atoms. The molecule has 0 aliphatic heterocycles. The molecule has 2 aromatic rings. The Labute approximate surface area is 95.4 Å². The molecule has 0 atom stereocenters. The molecule has 1 heterocycles. The quantitative estimate of drug-likeness (QED) is 0.832. The highest BCUT2D eigenvalue weighted by atomic mass is 14.9. The second-order valence-corrected chi connectivity index (χ2v) is 3.94.